The van der Waals surface area contributed by atoms with E-state index in [1.807, 2.05) is 13.8 Å². The van der Waals surface area contributed by atoms with Gasteiger partial charge in [-0.3, -0.25) is 9.59 Å². The highest BCUT2D eigenvalue weighted by atomic mass is 35.5. The van der Waals surface area contributed by atoms with E-state index in [-0.39, 0.29) is 30.1 Å². The minimum absolute atomic E-state index is 0. The number of benzene rings is 1. The van der Waals surface area contributed by atoms with Crippen LogP contribution >= 0.6 is 12.4 Å². The van der Waals surface area contributed by atoms with E-state index in [9.17, 15) is 9.59 Å². The lowest BCUT2D eigenvalue weighted by Gasteiger charge is -2.17. The molecule has 0 aliphatic heterocycles. The molecule has 0 fully saturated rings. The van der Waals surface area contributed by atoms with Crippen molar-refractivity contribution in [1.82, 2.24) is 10.2 Å². The molecule has 2 N–H and O–H groups in total. The largest absolute Gasteiger partial charge is 0.492 e. The molecule has 1 rings (SSSR count). The van der Waals surface area contributed by atoms with Crippen molar-refractivity contribution in [1.29, 1.82) is 0 Å². The summed E-state index contributed by atoms with van der Waals surface area (Å²) in [6.07, 6.45) is 0. The number of carbonyl (C=O) groups excluding carboxylic acids is 2. The molecule has 0 aliphatic carbocycles. The summed E-state index contributed by atoms with van der Waals surface area (Å²) in [4.78, 5) is 25.6. The molecular formula is C16H26ClN3O3. The zero-order valence-electron chi connectivity index (χ0n) is 14.3. The predicted octanol–water partition coefficient (Wildman–Crippen LogP) is 2.00. The number of nitrogens with zero attached hydrogens (tertiary/aromatic N) is 1. The molecule has 2 amide bonds. The topological polar surface area (TPSA) is 70.7 Å². The number of halogens is 1. The van der Waals surface area contributed by atoms with E-state index in [2.05, 4.69) is 10.6 Å². The lowest BCUT2D eigenvalue weighted by molar-refractivity contribution is -0.119. The van der Waals surface area contributed by atoms with Gasteiger partial charge in [-0.05, 0) is 32.2 Å². The van der Waals surface area contributed by atoms with E-state index in [1.165, 1.54) is 4.90 Å². The highest BCUT2D eigenvalue weighted by molar-refractivity contribution is 5.97. The molecule has 0 aromatic heterocycles. The van der Waals surface area contributed by atoms with Gasteiger partial charge in [0.2, 0.25) is 5.91 Å². The van der Waals surface area contributed by atoms with Gasteiger partial charge in [-0.25, -0.2) is 0 Å². The third-order valence-electron chi connectivity index (χ3n) is 3.15. The van der Waals surface area contributed by atoms with Gasteiger partial charge in [0.25, 0.3) is 5.91 Å². The molecule has 0 saturated carbocycles. The SMILES string of the molecule is CCOc1cc(C(=O)N(C)C)ccc1NC(=O)C(C)CNC.Cl. The highest BCUT2D eigenvalue weighted by Crippen LogP contribution is 2.27. The monoisotopic (exact) mass is 343 g/mol. The number of anilines is 1. The molecule has 1 aromatic carbocycles. The maximum Gasteiger partial charge on any atom is 0.253 e. The van der Waals surface area contributed by atoms with Gasteiger partial charge in [-0.1, -0.05) is 6.92 Å². The van der Waals surface area contributed by atoms with Crippen LogP contribution in [0.3, 0.4) is 0 Å². The minimum Gasteiger partial charge on any atom is -0.492 e. The third kappa shape index (κ3) is 6.08. The Bertz CT molecular complexity index is 535. The Morgan fingerprint density at radius 2 is 1.96 bits per heavy atom. The second kappa shape index (κ2) is 10.1. The average Bonchev–Trinajstić information content (AvgIpc) is 2.48. The Hall–Kier alpha value is -1.79. The summed E-state index contributed by atoms with van der Waals surface area (Å²) >= 11 is 0. The van der Waals surface area contributed by atoms with Crippen LogP contribution in [0.4, 0.5) is 5.69 Å². The zero-order valence-corrected chi connectivity index (χ0v) is 15.1. The van der Waals surface area contributed by atoms with Crippen LogP contribution in [-0.4, -0.2) is 51.0 Å². The maximum absolute atomic E-state index is 12.1. The molecule has 23 heavy (non-hydrogen) atoms. The van der Waals surface area contributed by atoms with Crippen molar-refractivity contribution in [3.05, 3.63) is 23.8 Å². The van der Waals surface area contributed by atoms with Crippen LogP contribution < -0.4 is 15.4 Å². The number of hydrogen-bond donors (Lipinski definition) is 2. The number of carbonyl (C=O) groups is 2. The van der Waals surface area contributed by atoms with Crippen molar-refractivity contribution >= 4 is 29.9 Å². The van der Waals surface area contributed by atoms with Crippen LogP contribution in [0.1, 0.15) is 24.2 Å². The molecule has 130 valence electrons. The van der Waals surface area contributed by atoms with Gasteiger partial charge in [0, 0.05) is 32.1 Å². The zero-order chi connectivity index (χ0) is 16.7. The Kier molecular flexibility index (Phi) is 9.29. The average molecular weight is 344 g/mol. The van der Waals surface area contributed by atoms with Gasteiger partial charge in [0.05, 0.1) is 12.3 Å². The molecule has 1 atom stereocenters. The first-order valence-electron chi connectivity index (χ1n) is 7.34. The molecule has 7 heteroatoms. The third-order valence-corrected chi connectivity index (χ3v) is 3.15. The molecule has 0 spiro atoms. The van der Waals surface area contributed by atoms with Gasteiger partial charge < -0.3 is 20.3 Å². The summed E-state index contributed by atoms with van der Waals surface area (Å²) in [5.74, 6) is 0.132. The van der Waals surface area contributed by atoms with E-state index >= 15 is 0 Å². The molecule has 0 radical (unpaired) electrons. The predicted molar refractivity (Wildman–Crippen MR) is 94.6 cm³/mol. The Morgan fingerprint density at radius 3 is 2.48 bits per heavy atom. The fourth-order valence-electron chi connectivity index (χ4n) is 1.95. The van der Waals surface area contributed by atoms with Gasteiger partial charge in [-0.15, -0.1) is 12.4 Å². The van der Waals surface area contributed by atoms with Crippen LogP contribution in [0.2, 0.25) is 0 Å². The van der Waals surface area contributed by atoms with Crippen molar-refractivity contribution in [2.75, 3.05) is 39.6 Å². The Morgan fingerprint density at radius 1 is 1.30 bits per heavy atom. The molecular weight excluding hydrogens is 318 g/mol. The molecule has 1 unspecified atom stereocenters. The van der Waals surface area contributed by atoms with Crippen LogP contribution in [-0.2, 0) is 4.79 Å². The van der Waals surface area contributed by atoms with Crippen molar-refractivity contribution in [3.63, 3.8) is 0 Å². The minimum atomic E-state index is -0.164. The van der Waals surface area contributed by atoms with Crippen molar-refractivity contribution < 1.29 is 14.3 Å². The summed E-state index contributed by atoms with van der Waals surface area (Å²) in [6, 6.07) is 5.04. The number of rotatable bonds is 7. The second-order valence-electron chi connectivity index (χ2n) is 5.29. The van der Waals surface area contributed by atoms with E-state index in [0.717, 1.165) is 0 Å². The maximum atomic E-state index is 12.1. The Labute approximate surface area is 144 Å². The first-order valence-corrected chi connectivity index (χ1v) is 7.34. The summed E-state index contributed by atoms with van der Waals surface area (Å²) in [6.45, 7) is 4.74. The van der Waals surface area contributed by atoms with Crippen molar-refractivity contribution in [3.8, 4) is 5.75 Å². The number of ether oxygens (including phenoxy) is 1. The second-order valence-corrected chi connectivity index (χ2v) is 5.29. The summed E-state index contributed by atoms with van der Waals surface area (Å²) in [5, 5.41) is 5.81. The summed E-state index contributed by atoms with van der Waals surface area (Å²) in [7, 11) is 5.19. The van der Waals surface area contributed by atoms with Crippen molar-refractivity contribution in [2.45, 2.75) is 13.8 Å². The molecule has 6 nitrogen and oxygen atoms in total. The molecule has 0 aliphatic rings. The van der Waals surface area contributed by atoms with Gasteiger partial charge in [0.15, 0.2) is 0 Å². The van der Waals surface area contributed by atoms with Crippen LogP contribution in [0.25, 0.3) is 0 Å². The number of nitrogens with one attached hydrogen (secondary N) is 2. The fourth-order valence-corrected chi connectivity index (χ4v) is 1.95. The standard InChI is InChI=1S/C16H25N3O3.ClH/c1-6-22-14-9-12(16(21)19(4)5)7-8-13(14)18-15(20)11(2)10-17-3;/h7-9,11,17H,6,10H2,1-5H3,(H,18,20);1H. The van der Waals surface area contributed by atoms with E-state index < -0.39 is 0 Å². The van der Waals surface area contributed by atoms with Gasteiger partial charge in [-0.2, -0.15) is 0 Å². The lowest BCUT2D eigenvalue weighted by atomic mass is 10.1. The van der Waals surface area contributed by atoms with E-state index in [0.29, 0.717) is 30.2 Å². The molecule has 0 heterocycles. The fraction of sp³-hybridized carbons (Fsp3) is 0.500. The first-order chi connectivity index (χ1) is 10.4. The highest BCUT2D eigenvalue weighted by Gasteiger charge is 2.16. The van der Waals surface area contributed by atoms with E-state index in [1.54, 1.807) is 39.3 Å². The number of hydrogen-bond acceptors (Lipinski definition) is 4. The van der Waals surface area contributed by atoms with E-state index in [4.69, 9.17) is 4.74 Å². The lowest BCUT2D eigenvalue weighted by Crippen LogP contribution is -2.29. The summed E-state index contributed by atoms with van der Waals surface area (Å²) in [5.41, 5.74) is 1.10. The molecule has 1 aromatic rings. The summed E-state index contributed by atoms with van der Waals surface area (Å²) < 4.78 is 5.55. The smallest absolute Gasteiger partial charge is 0.253 e. The quantitative estimate of drug-likeness (QED) is 0.794. The Balaban J connectivity index is 0.00000484. The number of amides is 2. The van der Waals surface area contributed by atoms with Crippen LogP contribution in [0.5, 0.6) is 5.75 Å². The molecule has 0 bridgehead atoms. The van der Waals surface area contributed by atoms with Crippen LogP contribution in [0, 0.1) is 5.92 Å². The normalized spacial score (nSPS) is 11.2. The van der Waals surface area contributed by atoms with Gasteiger partial charge >= 0.3 is 0 Å². The molecule has 0 saturated heterocycles. The first kappa shape index (κ1) is 21.2. The van der Waals surface area contributed by atoms with Crippen molar-refractivity contribution in [2.24, 2.45) is 5.92 Å². The van der Waals surface area contributed by atoms with Crippen LogP contribution in [0.15, 0.2) is 18.2 Å². The van der Waals surface area contributed by atoms with Gasteiger partial charge in [0.1, 0.15) is 5.75 Å².